The van der Waals surface area contributed by atoms with Gasteiger partial charge in [-0.2, -0.15) is 4.31 Å². The van der Waals surface area contributed by atoms with E-state index in [1.165, 1.54) is 17.2 Å². The van der Waals surface area contributed by atoms with Crippen LogP contribution >= 0.6 is 0 Å². The second-order valence-electron chi connectivity index (χ2n) is 7.31. The van der Waals surface area contributed by atoms with Gasteiger partial charge in [0.1, 0.15) is 17.3 Å². The molecule has 8 nitrogen and oxygen atoms in total. The number of ether oxygens (including phenoxy) is 1. The summed E-state index contributed by atoms with van der Waals surface area (Å²) in [5, 5.41) is 3.36. The molecule has 0 saturated carbocycles. The Morgan fingerprint density at radius 1 is 1.15 bits per heavy atom. The smallest absolute Gasteiger partial charge is 0.415 e. The number of rotatable bonds is 3. The van der Waals surface area contributed by atoms with E-state index in [2.05, 4.69) is 10.3 Å². The fraction of sp³-hybridized carbons (Fsp3) is 0.647. The number of piperidine rings is 2. The van der Waals surface area contributed by atoms with Gasteiger partial charge in [-0.15, -0.1) is 0 Å². The fourth-order valence-electron chi connectivity index (χ4n) is 4.17. The van der Waals surface area contributed by atoms with Gasteiger partial charge in [0.25, 0.3) is 0 Å². The third-order valence-corrected chi connectivity index (χ3v) is 7.52. The van der Waals surface area contributed by atoms with Gasteiger partial charge in [0.15, 0.2) is 0 Å². The summed E-state index contributed by atoms with van der Waals surface area (Å²) in [6, 6.07) is 3.11. The molecule has 3 fully saturated rings. The highest BCUT2D eigenvalue weighted by molar-refractivity contribution is 7.89. The quantitative estimate of drug-likeness (QED) is 0.847. The van der Waals surface area contributed by atoms with E-state index in [1.54, 1.807) is 10.4 Å². The molecule has 3 aliphatic heterocycles. The molecule has 0 radical (unpaired) electrons. The Kier molecular flexibility index (Phi) is 4.62. The number of hydrogen-bond acceptors (Lipinski definition) is 6. The Labute approximate surface area is 153 Å². The minimum Gasteiger partial charge on any atom is -0.447 e. The Balaban J connectivity index is 1.53. The van der Waals surface area contributed by atoms with Gasteiger partial charge in [-0.1, -0.05) is 0 Å². The summed E-state index contributed by atoms with van der Waals surface area (Å²) in [5.74, 6) is 0.417. The molecule has 26 heavy (non-hydrogen) atoms. The summed E-state index contributed by atoms with van der Waals surface area (Å²) in [6.45, 7) is 3.80. The molecule has 1 N–H and O–H groups in total. The molecule has 0 aromatic carbocycles. The van der Waals surface area contributed by atoms with Gasteiger partial charge in [-0.3, -0.25) is 4.90 Å². The molecule has 1 amide bonds. The predicted molar refractivity (Wildman–Crippen MR) is 95.5 cm³/mol. The fourth-order valence-corrected chi connectivity index (χ4v) is 5.71. The zero-order chi connectivity index (χ0) is 18.2. The van der Waals surface area contributed by atoms with E-state index in [0.29, 0.717) is 32.1 Å². The molecule has 3 aliphatic rings. The standard InChI is InChI=1S/C17H24N4O4S/c22-16-21(10-11-25-16)15-3-2-14(12-19-15)26(23,24)20-9-1-4-17(13-20)5-7-18-8-6-17/h2-3,12,18H,1,4-11,13H2. The van der Waals surface area contributed by atoms with E-state index in [9.17, 15) is 13.2 Å². The minimum absolute atomic E-state index is 0.100. The van der Waals surface area contributed by atoms with Gasteiger partial charge in [0.2, 0.25) is 10.0 Å². The summed E-state index contributed by atoms with van der Waals surface area (Å²) in [4.78, 5) is 17.4. The maximum absolute atomic E-state index is 13.1. The van der Waals surface area contributed by atoms with Crippen molar-refractivity contribution < 1.29 is 17.9 Å². The highest BCUT2D eigenvalue weighted by atomic mass is 32.2. The number of sulfonamides is 1. The van der Waals surface area contributed by atoms with Crippen LogP contribution < -0.4 is 10.2 Å². The van der Waals surface area contributed by atoms with Gasteiger partial charge in [0.05, 0.1) is 6.54 Å². The Bertz CT molecular complexity index is 769. The molecule has 0 aliphatic carbocycles. The Morgan fingerprint density at radius 2 is 1.96 bits per heavy atom. The van der Waals surface area contributed by atoms with Crippen LogP contribution in [0, 0.1) is 5.41 Å². The van der Waals surface area contributed by atoms with E-state index >= 15 is 0 Å². The van der Waals surface area contributed by atoms with Gasteiger partial charge in [-0.25, -0.2) is 18.2 Å². The number of anilines is 1. The van der Waals surface area contributed by atoms with Crippen molar-refractivity contribution in [1.29, 1.82) is 0 Å². The van der Waals surface area contributed by atoms with Crippen LogP contribution in [0.1, 0.15) is 25.7 Å². The third-order valence-electron chi connectivity index (χ3n) is 5.69. The zero-order valence-electron chi connectivity index (χ0n) is 14.7. The molecule has 142 valence electrons. The highest BCUT2D eigenvalue weighted by Crippen LogP contribution is 2.39. The van der Waals surface area contributed by atoms with Crippen molar-refractivity contribution in [3.05, 3.63) is 18.3 Å². The summed E-state index contributed by atoms with van der Waals surface area (Å²) < 4.78 is 32.7. The molecular formula is C17H24N4O4S. The van der Waals surface area contributed by atoms with E-state index < -0.39 is 16.1 Å². The number of hydrogen-bond donors (Lipinski definition) is 1. The SMILES string of the molecule is O=C1OCCN1c1ccc(S(=O)(=O)N2CCCC3(CCNCC3)C2)cn1. The first-order valence-electron chi connectivity index (χ1n) is 9.12. The number of nitrogens with zero attached hydrogens (tertiary/aromatic N) is 3. The van der Waals surface area contributed by atoms with Gasteiger partial charge in [-0.05, 0) is 56.3 Å². The van der Waals surface area contributed by atoms with Gasteiger partial charge in [0, 0.05) is 19.3 Å². The van der Waals surface area contributed by atoms with E-state index in [0.717, 1.165) is 38.8 Å². The molecule has 4 rings (SSSR count). The van der Waals surface area contributed by atoms with Crippen molar-refractivity contribution in [2.75, 3.05) is 44.2 Å². The van der Waals surface area contributed by atoms with Crippen LogP contribution in [0.4, 0.5) is 10.6 Å². The van der Waals surface area contributed by atoms with Crippen LogP contribution in [0.2, 0.25) is 0 Å². The number of aromatic nitrogens is 1. The van der Waals surface area contributed by atoms with Crippen molar-refractivity contribution in [2.24, 2.45) is 5.41 Å². The molecule has 1 aromatic rings. The van der Waals surface area contributed by atoms with Crippen molar-refractivity contribution >= 4 is 21.9 Å². The first kappa shape index (κ1) is 17.7. The van der Waals surface area contributed by atoms with Crippen LogP contribution in [0.15, 0.2) is 23.2 Å². The average molecular weight is 380 g/mol. The molecule has 1 spiro atoms. The van der Waals surface area contributed by atoms with Crippen LogP contribution in [0.25, 0.3) is 0 Å². The van der Waals surface area contributed by atoms with E-state index in [-0.39, 0.29) is 10.3 Å². The number of pyridine rings is 1. The van der Waals surface area contributed by atoms with Crippen LogP contribution in [0.3, 0.4) is 0 Å². The van der Waals surface area contributed by atoms with E-state index in [4.69, 9.17) is 4.74 Å². The van der Waals surface area contributed by atoms with Crippen molar-refractivity contribution in [1.82, 2.24) is 14.6 Å². The summed E-state index contributed by atoms with van der Waals surface area (Å²) in [7, 11) is -3.58. The summed E-state index contributed by atoms with van der Waals surface area (Å²) in [6.07, 6.45) is 4.93. The first-order valence-corrected chi connectivity index (χ1v) is 10.6. The van der Waals surface area contributed by atoms with Crippen molar-refractivity contribution in [2.45, 2.75) is 30.6 Å². The molecule has 0 bridgehead atoms. The number of amides is 1. The minimum atomic E-state index is -3.58. The topological polar surface area (TPSA) is 91.8 Å². The molecule has 1 aromatic heterocycles. The molecule has 4 heterocycles. The lowest BCUT2D eigenvalue weighted by atomic mass is 9.73. The largest absolute Gasteiger partial charge is 0.447 e. The second kappa shape index (κ2) is 6.79. The van der Waals surface area contributed by atoms with Crippen molar-refractivity contribution in [3.63, 3.8) is 0 Å². The summed E-state index contributed by atoms with van der Waals surface area (Å²) >= 11 is 0. The van der Waals surface area contributed by atoms with Gasteiger partial charge >= 0.3 is 6.09 Å². The molecule has 0 atom stereocenters. The first-order chi connectivity index (χ1) is 12.5. The average Bonchev–Trinajstić information content (AvgIpc) is 3.08. The van der Waals surface area contributed by atoms with Crippen LogP contribution in [0.5, 0.6) is 0 Å². The number of nitrogens with one attached hydrogen (secondary N) is 1. The highest BCUT2D eigenvalue weighted by Gasteiger charge is 2.40. The third kappa shape index (κ3) is 3.19. The monoisotopic (exact) mass is 380 g/mol. The normalized spacial score (nSPS) is 24.0. The molecule has 0 unspecified atom stereocenters. The Hall–Kier alpha value is -1.71. The lowest BCUT2D eigenvalue weighted by Gasteiger charge is -2.44. The maximum Gasteiger partial charge on any atom is 0.415 e. The lowest BCUT2D eigenvalue weighted by molar-refractivity contribution is 0.104. The predicted octanol–water partition coefficient (Wildman–Crippen LogP) is 1.19. The molecule has 9 heteroatoms. The molecule has 3 saturated heterocycles. The van der Waals surface area contributed by atoms with Gasteiger partial charge < -0.3 is 10.1 Å². The zero-order valence-corrected chi connectivity index (χ0v) is 15.5. The maximum atomic E-state index is 13.1. The number of carbonyl (C=O) groups is 1. The lowest BCUT2D eigenvalue weighted by Crippen LogP contribution is -2.50. The van der Waals surface area contributed by atoms with E-state index in [1.807, 2.05) is 0 Å². The van der Waals surface area contributed by atoms with Crippen LogP contribution in [-0.4, -0.2) is 63.1 Å². The number of carbonyl (C=O) groups excluding carboxylic acids is 1. The summed E-state index contributed by atoms with van der Waals surface area (Å²) in [5.41, 5.74) is 0.100. The Morgan fingerprint density at radius 3 is 2.62 bits per heavy atom. The number of cyclic esters (lactones) is 1. The molecular weight excluding hydrogens is 356 g/mol. The van der Waals surface area contributed by atoms with Crippen molar-refractivity contribution in [3.8, 4) is 0 Å². The second-order valence-corrected chi connectivity index (χ2v) is 9.25. The van der Waals surface area contributed by atoms with Crippen LogP contribution in [-0.2, 0) is 14.8 Å².